The molecule has 14 heavy (non-hydrogen) atoms. The van der Waals surface area contributed by atoms with Crippen LogP contribution in [0.3, 0.4) is 0 Å². The predicted octanol–water partition coefficient (Wildman–Crippen LogP) is 2.31. The molecule has 0 bridgehead atoms. The summed E-state index contributed by atoms with van der Waals surface area (Å²) >= 11 is 1.48. The largest absolute Gasteiger partial charge is 0.325 e. The highest BCUT2D eigenvalue weighted by Crippen LogP contribution is 2.23. The summed E-state index contributed by atoms with van der Waals surface area (Å²) < 4.78 is 0. The Morgan fingerprint density at radius 2 is 2.14 bits per heavy atom. The summed E-state index contributed by atoms with van der Waals surface area (Å²) in [6, 6.07) is 1.81. The second-order valence-electron chi connectivity index (χ2n) is 2.82. The van der Waals surface area contributed by atoms with Crippen molar-refractivity contribution < 1.29 is 9.59 Å². The summed E-state index contributed by atoms with van der Waals surface area (Å²) in [7, 11) is 0. The van der Waals surface area contributed by atoms with Gasteiger partial charge in [-0.1, -0.05) is 0 Å². The fourth-order valence-electron chi connectivity index (χ4n) is 0.936. The number of amides is 1. The quantitative estimate of drug-likeness (QED) is 0.776. The van der Waals surface area contributed by atoms with Gasteiger partial charge in [0.2, 0.25) is 5.91 Å². The van der Waals surface area contributed by atoms with E-state index < -0.39 is 0 Å². The van der Waals surface area contributed by atoms with E-state index in [0.717, 1.165) is 10.6 Å². The van der Waals surface area contributed by atoms with E-state index in [-0.39, 0.29) is 11.7 Å². The van der Waals surface area contributed by atoms with Crippen molar-refractivity contribution in [3.8, 4) is 0 Å². The third-order valence-corrected chi connectivity index (χ3v) is 2.36. The maximum absolute atomic E-state index is 10.8. The number of ketones is 1. The maximum Gasteiger partial charge on any atom is 0.221 e. The van der Waals surface area contributed by atoms with Crippen molar-refractivity contribution in [2.24, 2.45) is 0 Å². The molecule has 0 saturated carbocycles. The second kappa shape index (κ2) is 4.72. The average Bonchev–Trinajstić information content (AvgIpc) is 2.47. The smallest absolute Gasteiger partial charge is 0.221 e. The molecule has 1 rings (SSSR count). The fourth-order valence-corrected chi connectivity index (χ4v) is 1.68. The van der Waals surface area contributed by atoms with E-state index in [2.05, 4.69) is 5.32 Å². The predicted molar refractivity (Wildman–Crippen MR) is 58.3 cm³/mol. The molecular formula is C10H11NO2S. The zero-order valence-corrected chi connectivity index (χ0v) is 8.85. The van der Waals surface area contributed by atoms with Crippen LogP contribution in [0.4, 0.5) is 5.69 Å². The third kappa shape index (κ3) is 3.14. The molecule has 0 unspecified atom stereocenters. The Kier molecular flexibility index (Phi) is 3.59. The van der Waals surface area contributed by atoms with Gasteiger partial charge < -0.3 is 5.32 Å². The zero-order chi connectivity index (χ0) is 10.6. The van der Waals surface area contributed by atoms with E-state index in [1.807, 2.05) is 11.4 Å². The normalized spacial score (nSPS) is 10.4. The average molecular weight is 209 g/mol. The topological polar surface area (TPSA) is 46.2 Å². The minimum Gasteiger partial charge on any atom is -0.325 e. The molecule has 1 N–H and O–H groups in total. The Morgan fingerprint density at radius 3 is 2.71 bits per heavy atom. The maximum atomic E-state index is 10.8. The van der Waals surface area contributed by atoms with E-state index in [4.69, 9.17) is 0 Å². The van der Waals surface area contributed by atoms with Gasteiger partial charge in [0.05, 0.1) is 10.6 Å². The third-order valence-electron chi connectivity index (χ3n) is 1.48. The first-order valence-corrected chi connectivity index (χ1v) is 5.01. The molecule has 0 radical (unpaired) electrons. The molecule has 1 heterocycles. The minimum atomic E-state index is -0.110. The molecule has 0 saturated heterocycles. The number of nitrogens with one attached hydrogen (secondary N) is 1. The first kappa shape index (κ1) is 10.7. The number of carbonyl (C=O) groups excluding carboxylic acids is 2. The van der Waals surface area contributed by atoms with E-state index in [1.165, 1.54) is 31.3 Å². The summed E-state index contributed by atoms with van der Waals surface area (Å²) in [5, 5.41) is 4.55. The van der Waals surface area contributed by atoms with Crippen LogP contribution in [0, 0.1) is 0 Å². The lowest BCUT2D eigenvalue weighted by atomic mass is 10.3. The summed E-state index contributed by atoms with van der Waals surface area (Å²) in [6.45, 7) is 2.94. The lowest BCUT2D eigenvalue weighted by molar-refractivity contribution is -0.114. The van der Waals surface area contributed by atoms with Crippen LogP contribution >= 0.6 is 11.3 Å². The van der Waals surface area contributed by atoms with Crippen LogP contribution in [0.5, 0.6) is 0 Å². The molecule has 0 spiro atoms. The van der Waals surface area contributed by atoms with Crippen LogP contribution in [-0.4, -0.2) is 11.7 Å². The Balaban J connectivity index is 2.82. The van der Waals surface area contributed by atoms with Crippen LogP contribution in [-0.2, 0) is 9.59 Å². The second-order valence-corrected chi connectivity index (χ2v) is 3.77. The molecule has 0 aliphatic heterocycles. The van der Waals surface area contributed by atoms with Gasteiger partial charge >= 0.3 is 0 Å². The molecule has 0 aliphatic rings. The number of hydrogen-bond donors (Lipinski definition) is 1. The molecule has 1 aromatic heterocycles. The first-order valence-electron chi connectivity index (χ1n) is 4.13. The van der Waals surface area contributed by atoms with Crippen molar-refractivity contribution in [3.63, 3.8) is 0 Å². The van der Waals surface area contributed by atoms with Gasteiger partial charge in [0.25, 0.3) is 0 Å². The molecule has 74 valence electrons. The van der Waals surface area contributed by atoms with Gasteiger partial charge in [-0.3, -0.25) is 9.59 Å². The van der Waals surface area contributed by atoms with Gasteiger partial charge in [-0.15, -0.1) is 11.3 Å². The SMILES string of the molecule is CC(=O)/C=C/c1sccc1NC(C)=O. The van der Waals surface area contributed by atoms with Crippen LogP contribution in [0.2, 0.25) is 0 Å². The zero-order valence-electron chi connectivity index (χ0n) is 8.03. The van der Waals surface area contributed by atoms with Crippen molar-refractivity contribution in [1.29, 1.82) is 0 Å². The molecule has 0 aliphatic carbocycles. The van der Waals surface area contributed by atoms with Crippen LogP contribution in [0.25, 0.3) is 6.08 Å². The standard InChI is InChI=1S/C10H11NO2S/c1-7(12)3-4-10-9(5-6-14-10)11-8(2)13/h3-6H,1-2H3,(H,11,13)/b4-3+. The summed E-state index contributed by atoms with van der Waals surface area (Å²) in [5.74, 6) is -0.118. The number of thiophene rings is 1. The van der Waals surface area contributed by atoms with E-state index in [9.17, 15) is 9.59 Å². The van der Waals surface area contributed by atoms with Gasteiger partial charge in [0.15, 0.2) is 5.78 Å². The molecular weight excluding hydrogens is 198 g/mol. The van der Waals surface area contributed by atoms with Gasteiger partial charge in [-0.2, -0.15) is 0 Å². The van der Waals surface area contributed by atoms with E-state index in [0.29, 0.717) is 0 Å². The van der Waals surface area contributed by atoms with Crippen molar-refractivity contribution in [2.75, 3.05) is 5.32 Å². The molecule has 3 nitrogen and oxygen atoms in total. The van der Waals surface area contributed by atoms with E-state index in [1.54, 1.807) is 6.08 Å². The van der Waals surface area contributed by atoms with Crippen molar-refractivity contribution in [2.45, 2.75) is 13.8 Å². The number of hydrogen-bond acceptors (Lipinski definition) is 3. The summed E-state index contributed by atoms with van der Waals surface area (Å²) in [5.41, 5.74) is 0.750. The van der Waals surface area contributed by atoms with Gasteiger partial charge in [-0.05, 0) is 30.5 Å². The molecule has 0 fully saturated rings. The molecule has 4 heteroatoms. The Labute approximate surface area is 86.4 Å². The van der Waals surface area contributed by atoms with Crippen LogP contribution in [0.15, 0.2) is 17.5 Å². The number of rotatable bonds is 3. The first-order chi connectivity index (χ1) is 6.59. The minimum absolute atomic E-state index is 0.00725. The lowest BCUT2D eigenvalue weighted by Gasteiger charge is -1.98. The van der Waals surface area contributed by atoms with Gasteiger partial charge in [0.1, 0.15) is 0 Å². The lowest BCUT2D eigenvalue weighted by Crippen LogP contribution is -2.05. The van der Waals surface area contributed by atoms with E-state index >= 15 is 0 Å². The van der Waals surface area contributed by atoms with Crippen LogP contribution in [0.1, 0.15) is 18.7 Å². The fraction of sp³-hybridized carbons (Fsp3) is 0.200. The molecule has 1 amide bonds. The van der Waals surface area contributed by atoms with Gasteiger partial charge in [-0.25, -0.2) is 0 Å². The van der Waals surface area contributed by atoms with Gasteiger partial charge in [0, 0.05) is 6.92 Å². The number of allylic oxidation sites excluding steroid dienone is 1. The highest BCUT2D eigenvalue weighted by atomic mass is 32.1. The van der Waals surface area contributed by atoms with Crippen LogP contribution < -0.4 is 5.32 Å². The Bertz CT molecular complexity index is 379. The van der Waals surface area contributed by atoms with Crippen molar-refractivity contribution >= 4 is 34.8 Å². The number of anilines is 1. The summed E-state index contributed by atoms with van der Waals surface area (Å²) in [4.78, 5) is 22.4. The van der Waals surface area contributed by atoms with Crippen molar-refractivity contribution in [3.05, 3.63) is 22.4 Å². The highest BCUT2D eigenvalue weighted by molar-refractivity contribution is 7.11. The molecule has 0 atom stereocenters. The number of carbonyl (C=O) groups is 2. The van der Waals surface area contributed by atoms with Crippen molar-refractivity contribution in [1.82, 2.24) is 0 Å². The summed E-state index contributed by atoms with van der Waals surface area (Å²) in [6.07, 6.45) is 3.19. The Hall–Kier alpha value is -1.42. The monoisotopic (exact) mass is 209 g/mol. The molecule has 0 aromatic carbocycles. The molecule has 1 aromatic rings. The Morgan fingerprint density at radius 1 is 1.43 bits per heavy atom. The highest BCUT2D eigenvalue weighted by Gasteiger charge is 2.02.